The molecule has 0 aliphatic rings. The highest BCUT2D eigenvalue weighted by Crippen LogP contribution is 2.25. The normalized spacial score (nSPS) is 10.4. The highest BCUT2D eigenvalue weighted by atomic mass is 79.9. The van der Waals surface area contributed by atoms with Gasteiger partial charge in [-0.05, 0) is 31.0 Å². The maximum Gasteiger partial charge on any atom is 0.176 e. The van der Waals surface area contributed by atoms with Crippen LogP contribution in [0.4, 0.5) is 4.39 Å². The van der Waals surface area contributed by atoms with Crippen molar-refractivity contribution in [1.29, 1.82) is 0 Å². The second-order valence-corrected chi connectivity index (χ2v) is 3.95. The molecule has 4 heteroatoms. The molecule has 0 heterocycles. The third-order valence-electron chi connectivity index (χ3n) is 2.18. The smallest absolute Gasteiger partial charge is 0.176 e. The van der Waals surface area contributed by atoms with Crippen LogP contribution >= 0.6 is 15.9 Å². The summed E-state index contributed by atoms with van der Waals surface area (Å²) < 4.78 is 14.1. The molecule has 14 heavy (non-hydrogen) atoms. The number of carbonyl (C=O) groups excluding carboxylic acids is 1. The average molecular weight is 260 g/mol. The fourth-order valence-electron chi connectivity index (χ4n) is 1.25. The molecule has 1 aromatic carbocycles. The van der Waals surface area contributed by atoms with Gasteiger partial charge in [0.05, 0.1) is 6.54 Å². The van der Waals surface area contributed by atoms with E-state index in [2.05, 4.69) is 15.9 Å². The highest BCUT2D eigenvalue weighted by molar-refractivity contribution is 9.10. The van der Waals surface area contributed by atoms with Gasteiger partial charge in [-0.25, -0.2) is 4.39 Å². The fourth-order valence-corrected chi connectivity index (χ4v) is 1.65. The van der Waals surface area contributed by atoms with Crippen molar-refractivity contribution in [3.8, 4) is 0 Å². The predicted octanol–water partition coefficient (Wildman–Crippen LogP) is 2.35. The van der Waals surface area contributed by atoms with Crippen LogP contribution in [0.5, 0.6) is 0 Å². The van der Waals surface area contributed by atoms with Crippen LogP contribution in [0, 0.1) is 19.7 Å². The number of carbonyl (C=O) groups is 1. The second kappa shape index (κ2) is 4.19. The summed E-state index contributed by atoms with van der Waals surface area (Å²) in [6, 6.07) is 1.61. The Kier molecular flexibility index (Phi) is 3.39. The topological polar surface area (TPSA) is 43.1 Å². The van der Waals surface area contributed by atoms with E-state index < -0.39 is 0 Å². The molecule has 1 aromatic rings. The first-order chi connectivity index (χ1) is 6.49. The number of ketones is 1. The molecule has 2 N–H and O–H groups in total. The minimum absolute atomic E-state index is 0.101. The van der Waals surface area contributed by atoms with Gasteiger partial charge in [0.15, 0.2) is 5.78 Å². The Morgan fingerprint density at radius 1 is 1.50 bits per heavy atom. The molecule has 1 rings (SSSR count). The van der Waals surface area contributed by atoms with Crippen LogP contribution in [0.25, 0.3) is 0 Å². The van der Waals surface area contributed by atoms with E-state index in [1.165, 1.54) is 0 Å². The van der Waals surface area contributed by atoms with Crippen molar-refractivity contribution < 1.29 is 9.18 Å². The van der Waals surface area contributed by atoms with Crippen molar-refractivity contribution in [3.63, 3.8) is 0 Å². The lowest BCUT2D eigenvalue weighted by Gasteiger charge is -2.08. The molecule has 0 saturated carbocycles. The summed E-state index contributed by atoms with van der Waals surface area (Å²) in [6.45, 7) is 3.14. The zero-order chi connectivity index (χ0) is 10.9. The molecule has 0 radical (unpaired) electrons. The van der Waals surface area contributed by atoms with Gasteiger partial charge in [0.25, 0.3) is 0 Å². The number of rotatable bonds is 2. The van der Waals surface area contributed by atoms with Crippen LogP contribution in [-0.4, -0.2) is 12.3 Å². The highest BCUT2D eigenvalue weighted by Gasteiger charge is 2.15. The van der Waals surface area contributed by atoms with E-state index in [-0.39, 0.29) is 18.1 Å². The molecule has 76 valence electrons. The van der Waals surface area contributed by atoms with Crippen molar-refractivity contribution in [2.24, 2.45) is 5.73 Å². The molecule has 0 fully saturated rings. The maximum atomic E-state index is 13.5. The zero-order valence-electron chi connectivity index (χ0n) is 8.03. The molecule has 0 spiro atoms. The summed E-state index contributed by atoms with van der Waals surface area (Å²) in [5.41, 5.74) is 6.45. The van der Waals surface area contributed by atoms with E-state index in [9.17, 15) is 9.18 Å². The third kappa shape index (κ3) is 1.86. The Bertz CT molecular complexity index is 390. The summed E-state index contributed by atoms with van der Waals surface area (Å²) in [5.74, 6) is -0.599. The SMILES string of the molecule is Cc1c(Br)cc(C(=O)CN)c(C)c1F. The molecule has 0 saturated heterocycles. The van der Waals surface area contributed by atoms with Gasteiger partial charge >= 0.3 is 0 Å². The molecular weight excluding hydrogens is 249 g/mol. The Balaban J connectivity index is 3.40. The predicted molar refractivity (Wildman–Crippen MR) is 57.0 cm³/mol. The fraction of sp³-hybridized carbons (Fsp3) is 0.300. The minimum Gasteiger partial charge on any atom is -0.324 e. The zero-order valence-corrected chi connectivity index (χ0v) is 9.61. The summed E-state index contributed by atoms with van der Waals surface area (Å²) in [7, 11) is 0. The second-order valence-electron chi connectivity index (χ2n) is 3.10. The van der Waals surface area contributed by atoms with Gasteiger partial charge in [-0.3, -0.25) is 4.79 Å². The summed E-state index contributed by atoms with van der Waals surface area (Å²) in [5, 5.41) is 0. The van der Waals surface area contributed by atoms with Gasteiger partial charge in [-0.15, -0.1) is 0 Å². The van der Waals surface area contributed by atoms with Crippen LogP contribution < -0.4 is 5.73 Å². The Labute approximate surface area is 90.4 Å². The molecule has 0 aliphatic carbocycles. The van der Waals surface area contributed by atoms with Crippen molar-refractivity contribution >= 4 is 21.7 Å². The Morgan fingerprint density at radius 3 is 2.57 bits per heavy atom. The molecule has 0 unspecified atom stereocenters. The number of hydrogen-bond donors (Lipinski definition) is 1. The van der Waals surface area contributed by atoms with E-state index in [4.69, 9.17) is 5.73 Å². The lowest BCUT2D eigenvalue weighted by molar-refractivity contribution is 0.1000. The van der Waals surface area contributed by atoms with Crippen LogP contribution in [-0.2, 0) is 0 Å². The first-order valence-corrected chi connectivity index (χ1v) is 4.96. The monoisotopic (exact) mass is 259 g/mol. The van der Waals surface area contributed by atoms with Gasteiger partial charge in [0.2, 0.25) is 0 Å². The number of Topliss-reactive ketones (excluding diaryl/α,β-unsaturated/α-hetero) is 1. The van der Waals surface area contributed by atoms with Crippen molar-refractivity contribution in [2.75, 3.05) is 6.54 Å². The van der Waals surface area contributed by atoms with E-state index >= 15 is 0 Å². The lowest BCUT2D eigenvalue weighted by Crippen LogP contribution is -2.15. The molecule has 0 aromatic heterocycles. The number of halogens is 2. The standard InChI is InChI=1S/C10H11BrFNO/c1-5-7(9(14)4-13)3-8(11)6(2)10(5)12/h3H,4,13H2,1-2H3. The van der Waals surface area contributed by atoms with Crippen LogP contribution in [0.3, 0.4) is 0 Å². The molecule has 0 bridgehead atoms. The average Bonchev–Trinajstić information content (AvgIpc) is 2.19. The Hall–Kier alpha value is -0.740. The largest absolute Gasteiger partial charge is 0.324 e. The van der Waals surface area contributed by atoms with E-state index in [0.29, 0.717) is 21.2 Å². The van der Waals surface area contributed by atoms with E-state index in [1.54, 1.807) is 19.9 Å². The molecule has 0 aliphatic heterocycles. The summed E-state index contributed by atoms with van der Waals surface area (Å²) >= 11 is 3.20. The van der Waals surface area contributed by atoms with Gasteiger partial charge in [-0.1, -0.05) is 15.9 Å². The van der Waals surface area contributed by atoms with Gasteiger partial charge in [0, 0.05) is 10.0 Å². The summed E-state index contributed by atoms with van der Waals surface area (Å²) in [4.78, 5) is 11.3. The van der Waals surface area contributed by atoms with E-state index in [0.717, 1.165) is 0 Å². The minimum atomic E-state index is -0.351. The molecule has 0 atom stereocenters. The van der Waals surface area contributed by atoms with Crippen LogP contribution in [0.2, 0.25) is 0 Å². The van der Waals surface area contributed by atoms with Crippen LogP contribution in [0.1, 0.15) is 21.5 Å². The third-order valence-corrected chi connectivity index (χ3v) is 3.00. The number of benzene rings is 1. The molecule has 2 nitrogen and oxygen atoms in total. The number of nitrogens with two attached hydrogens (primary N) is 1. The first kappa shape index (κ1) is 11.3. The molecular formula is C10H11BrFNO. The van der Waals surface area contributed by atoms with Gasteiger partial charge in [0.1, 0.15) is 5.82 Å². The number of hydrogen-bond acceptors (Lipinski definition) is 2. The first-order valence-electron chi connectivity index (χ1n) is 4.17. The lowest BCUT2D eigenvalue weighted by atomic mass is 10.0. The van der Waals surface area contributed by atoms with Crippen LogP contribution in [0.15, 0.2) is 10.5 Å². The maximum absolute atomic E-state index is 13.5. The summed E-state index contributed by atoms with van der Waals surface area (Å²) in [6.07, 6.45) is 0. The Morgan fingerprint density at radius 2 is 2.07 bits per heavy atom. The quantitative estimate of drug-likeness (QED) is 0.829. The van der Waals surface area contributed by atoms with Gasteiger partial charge in [-0.2, -0.15) is 0 Å². The van der Waals surface area contributed by atoms with E-state index in [1.807, 2.05) is 0 Å². The van der Waals surface area contributed by atoms with Crippen molar-refractivity contribution in [3.05, 3.63) is 33.0 Å². The van der Waals surface area contributed by atoms with Crippen molar-refractivity contribution in [2.45, 2.75) is 13.8 Å². The van der Waals surface area contributed by atoms with Gasteiger partial charge < -0.3 is 5.73 Å². The van der Waals surface area contributed by atoms with Crippen molar-refractivity contribution in [1.82, 2.24) is 0 Å². The molecule has 0 amide bonds.